The summed E-state index contributed by atoms with van der Waals surface area (Å²) in [5.74, 6) is 2.94. The number of ether oxygens (including phenoxy) is 2. The highest BCUT2D eigenvalue weighted by molar-refractivity contribution is 5.89. The molecule has 0 aromatic heterocycles. The van der Waals surface area contributed by atoms with Gasteiger partial charge in [0.1, 0.15) is 28.7 Å². The number of unbranched alkanes of at least 4 members (excludes halogenated alkanes) is 10. The molecule has 0 aliphatic carbocycles. The number of carbonyl (C=O) groups excluding carboxylic acids is 2. The van der Waals surface area contributed by atoms with Crippen LogP contribution >= 0.6 is 0 Å². The molecule has 3 aromatic carbocycles. The summed E-state index contributed by atoms with van der Waals surface area (Å²) in [5.41, 5.74) is 0.709. The molecule has 3 rings (SSSR count). The van der Waals surface area contributed by atoms with Crippen LogP contribution in [0.1, 0.15) is 103 Å². The molecule has 8 heteroatoms. The summed E-state index contributed by atoms with van der Waals surface area (Å²) in [6.45, 7) is 2.23. The van der Waals surface area contributed by atoms with E-state index in [0.29, 0.717) is 35.1 Å². The number of anilines is 1. The van der Waals surface area contributed by atoms with Crippen molar-refractivity contribution >= 4 is 17.6 Å². The Balaban J connectivity index is 1.40. The van der Waals surface area contributed by atoms with Gasteiger partial charge in [0.25, 0.3) is 0 Å². The van der Waals surface area contributed by atoms with Crippen molar-refractivity contribution in [2.75, 3.05) is 12.4 Å². The van der Waals surface area contributed by atoms with Gasteiger partial charge >= 0.3 is 6.03 Å². The van der Waals surface area contributed by atoms with E-state index >= 15 is 0 Å². The molecule has 0 saturated heterocycles. The summed E-state index contributed by atoms with van der Waals surface area (Å²) >= 11 is 0. The van der Waals surface area contributed by atoms with Crippen molar-refractivity contribution in [3.8, 4) is 28.7 Å². The predicted molar refractivity (Wildman–Crippen MR) is 186 cm³/mol. The first-order valence-corrected chi connectivity index (χ1v) is 17.1. The number of benzene rings is 3. The molecule has 3 aromatic rings. The zero-order valence-corrected chi connectivity index (χ0v) is 27.7. The number of phenolic OH excluding ortho intramolecular Hbond substituents is 1. The first-order chi connectivity index (χ1) is 22.4. The van der Waals surface area contributed by atoms with Crippen molar-refractivity contribution in [3.05, 3.63) is 72.8 Å². The first kappa shape index (κ1) is 36.3. The lowest BCUT2D eigenvalue weighted by molar-refractivity contribution is -0.120. The molecule has 250 valence electrons. The van der Waals surface area contributed by atoms with Crippen molar-refractivity contribution in [2.24, 2.45) is 0 Å². The molecule has 0 heterocycles. The number of hydrogen-bond acceptors (Lipinski definition) is 5. The number of rotatable bonds is 22. The van der Waals surface area contributed by atoms with E-state index in [1.54, 1.807) is 31.3 Å². The standard InChI is InChI=1S/C38H53N3O5/c1-3-4-5-9-12-15-30(16-13-10-7-6-8-11-14-17-37(43)39-2)40-38(44)41-31-18-22-33(23-19-31)45-35-26-28-36(29-27-35)46-34-24-20-32(42)21-25-34/h18-30,42H,3-17H2,1-2H3,(H,39,43)(H2,40,41,44). The fourth-order valence-electron chi connectivity index (χ4n) is 5.29. The Hall–Kier alpha value is -4.20. The Labute approximate surface area is 275 Å². The Morgan fingerprint density at radius 2 is 1.07 bits per heavy atom. The van der Waals surface area contributed by atoms with Crippen molar-refractivity contribution in [3.63, 3.8) is 0 Å². The van der Waals surface area contributed by atoms with Crippen molar-refractivity contribution in [1.29, 1.82) is 0 Å². The predicted octanol–water partition coefficient (Wildman–Crippen LogP) is 10.1. The lowest BCUT2D eigenvalue weighted by atomic mass is 10.00. The number of aromatic hydroxyl groups is 1. The Morgan fingerprint density at radius 1 is 0.630 bits per heavy atom. The third-order valence-electron chi connectivity index (χ3n) is 7.97. The topological polar surface area (TPSA) is 109 Å². The fourth-order valence-corrected chi connectivity index (χ4v) is 5.29. The van der Waals surface area contributed by atoms with Crippen LogP contribution in [0.4, 0.5) is 10.5 Å². The van der Waals surface area contributed by atoms with Crippen LogP contribution in [0.3, 0.4) is 0 Å². The van der Waals surface area contributed by atoms with E-state index in [-0.39, 0.29) is 23.7 Å². The Morgan fingerprint density at radius 3 is 1.57 bits per heavy atom. The number of carbonyl (C=O) groups is 2. The minimum atomic E-state index is -0.174. The molecule has 1 atom stereocenters. The third-order valence-corrected chi connectivity index (χ3v) is 7.97. The van der Waals surface area contributed by atoms with E-state index < -0.39 is 0 Å². The molecule has 0 bridgehead atoms. The van der Waals surface area contributed by atoms with E-state index in [0.717, 1.165) is 38.5 Å². The number of phenols is 1. The molecule has 4 N–H and O–H groups in total. The minimum absolute atomic E-state index is 0.126. The second-order valence-corrected chi connectivity index (χ2v) is 11.9. The molecule has 1 unspecified atom stereocenters. The maximum Gasteiger partial charge on any atom is 0.319 e. The second-order valence-electron chi connectivity index (χ2n) is 11.9. The lowest BCUT2D eigenvalue weighted by Crippen LogP contribution is -2.38. The zero-order valence-electron chi connectivity index (χ0n) is 27.7. The van der Waals surface area contributed by atoms with Gasteiger partial charge < -0.3 is 30.5 Å². The molecular weight excluding hydrogens is 578 g/mol. The highest BCUT2D eigenvalue weighted by Crippen LogP contribution is 2.28. The summed E-state index contributed by atoms with van der Waals surface area (Å²) in [7, 11) is 1.69. The smallest absolute Gasteiger partial charge is 0.319 e. The van der Waals surface area contributed by atoms with E-state index in [1.165, 1.54) is 51.4 Å². The highest BCUT2D eigenvalue weighted by Gasteiger charge is 2.13. The maximum atomic E-state index is 12.9. The van der Waals surface area contributed by atoms with Crippen LogP contribution < -0.4 is 25.4 Å². The summed E-state index contributed by atoms with van der Waals surface area (Å²) in [5, 5.41) is 18.3. The molecular formula is C38H53N3O5. The summed E-state index contributed by atoms with van der Waals surface area (Å²) in [6.07, 6.45) is 16.6. The van der Waals surface area contributed by atoms with Crippen LogP contribution in [0.2, 0.25) is 0 Å². The Kier molecular flexibility index (Phi) is 17.0. The highest BCUT2D eigenvalue weighted by atomic mass is 16.5. The van der Waals surface area contributed by atoms with Gasteiger partial charge in [-0.3, -0.25) is 4.79 Å². The molecule has 0 fully saturated rings. The van der Waals surface area contributed by atoms with Crippen molar-refractivity contribution < 1.29 is 24.2 Å². The number of amides is 3. The molecule has 8 nitrogen and oxygen atoms in total. The quantitative estimate of drug-likeness (QED) is 0.0825. The monoisotopic (exact) mass is 631 g/mol. The maximum absolute atomic E-state index is 12.9. The average Bonchev–Trinajstić information content (AvgIpc) is 3.06. The normalized spacial score (nSPS) is 11.4. The number of urea groups is 1. The fraction of sp³-hybridized carbons (Fsp3) is 0.474. The van der Waals surface area contributed by atoms with E-state index in [4.69, 9.17) is 9.47 Å². The minimum Gasteiger partial charge on any atom is -0.508 e. The zero-order chi connectivity index (χ0) is 32.8. The lowest BCUT2D eigenvalue weighted by Gasteiger charge is -2.19. The molecule has 0 aliphatic rings. The first-order valence-electron chi connectivity index (χ1n) is 17.1. The number of nitrogens with one attached hydrogen (secondary N) is 3. The van der Waals surface area contributed by atoms with E-state index in [9.17, 15) is 14.7 Å². The third kappa shape index (κ3) is 15.2. The Bertz CT molecular complexity index is 1260. The van der Waals surface area contributed by atoms with Gasteiger partial charge in [0.15, 0.2) is 0 Å². The van der Waals surface area contributed by atoms with Gasteiger partial charge in [0, 0.05) is 25.2 Å². The molecule has 0 radical (unpaired) electrons. The molecule has 3 amide bonds. The van der Waals surface area contributed by atoms with Gasteiger partial charge in [-0.15, -0.1) is 0 Å². The molecule has 0 saturated carbocycles. The van der Waals surface area contributed by atoms with Crippen LogP contribution in [-0.2, 0) is 4.79 Å². The molecule has 46 heavy (non-hydrogen) atoms. The van der Waals surface area contributed by atoms with Gasteiger partial charge in [0.05, 0.1) is 0 Å². The second kappa shape index (κ2) is 21.5. The van der Waals surface area contributed by atoms with Gasteiger partial charge in [-0.05, 0) is 92.1 Å². The van der Waals surface area contributed by atoms with E-state index in [2.05, 4.69) is 22.9 Å². The number of hydrogen-bond donors (Lipinski definition) is 4. The van der Waals surface area contributed by atoms with Gasteiger partial charge in [0.2, 0.25) is 5.91 Å². The van der Waals surface area contributed by atoms with Crippen LogP contribution in [-0.4, -0.2) is 30.1 Å². The van der Waals surface area contributed by atoms with Crippen LogP contribution in [0.5, 0.6) is 28.7 Å². The summed E-state index contributed by atoms with van der Waals surface area (Å²) in [4.78, 5) is 24.2. The SMILES string of the molecule is CCCCCCCC(CCCCCCCCCC(=O)NC)NC(=O)Nc1ccc(Oc2ccc(Oc3ccc(O)cc3)cc2)cc1. The average molecular weight is 632 g/mol. The van der Waals surface area contributed by atoms with Crippen LogP contribution in [0.15, 0.2) is 72.8 Å². The largest absolute Gasteiger partial charge is 0.508 e. The molecule has 0 spiro atoms. The van der Waals surface area contributed by atoms with Crippen molar-refractivity contribution in [2.45, 2.75) is 109 Å². The van der Waals surface area contributed by atoms with Crippen LogP contribution in [0, 0.1) is 0 Å². The summed E-state index contributed by atoms with van der Waals surface area (Å²) in [6, 6.07) is 21.2. The van der Waals surface area contributed by atoms with E-state index in [1.807, 2.05) is 48.5 Å². The van der Waals surface area contributed by atoms with Gasteiger partial charge in [-0.25, -0.2) is 4.79 Å². The van der Waals surface area contributed by atoms with Gasteiger partial charge in [-0.2, -0.15) is 0 Å². The van der Waals surface area contributed by atoms with Gasteiger partial charge in [-0.1, -0.05) is 77.6 Å². The summed E-state index contributed by atoms with van der Waals surface area (Å²) < 4.78 is 11.8. The van der Waals surface area contributed by atoms with Crippen molar-refractivity contribution in [1.82, 2.24) is 10.6 Å². The molecule has 0 aliphatic heterocycles. The van der Waals surface area contributed by atoms with Crippen LogP contribution in [0.25, 0.3) is 0 Å².